The molecule has 19 heavy (non-hydrogen) atoms. The van der Waals surface area contributed by atoms with Crippen molar-refractivity contribution in [2.75, 3.05) is 7.11 Å². The molecule has 3 atom stereocenters. The largest absolute Gasteiger partial charge is 0.497 e. The number of hydrogen-bond acceptors (Lipinski definition) is 2. The Morgan fingerprint density at radius 1 is 1.05 bits per heavy atom. The molecular weight excluding hydrogens is 234 g/mol. The zero-order valence-electron chi connectivity index (χ0n) is 13.1. The summed E-state index contributed by atoms with van der Waals surface area (Å²) in [5.41, 5.74) is 1.35. The van der Waals surface area contributed by atoms with E-state index in [1.807, 2.05) is 12.1 Å². The summed E-state index contributed by atoms with van der Waals surface area (Å²) in [5.74, 6) is 1.71. The topological polar surface area (TPSA) is 21.3 Å². The van der Waals surface area contributed by atoms with Crippen LogP contribution in [-0.2, 0) is 0 Å². The lowest BCUT2D eigenvalue weighted by Gasteiger charge is -2.24. The standard InChI is InChI=1S/C17H29NO/c1-6-13(3)12-14(4)18-17(7-2)15-8-10-16(19-5)11-9-15/h8-11,13-14,17-18H,6-7,12H2,1-5H3. The Morgan fingerprint density at radius 3 is 2.16 bits per heavy atom. The van der Waals surface area contributed by atoms with Gasteiger partial charge in [0.1, 0.15) is 5.75 Å². The summed E-state index contributed by atoms with van der Waals surface area (Å²) >= 11 is 0. The monoisotopic (exact) mass is 263 g/mol. The second-order valence-electron chi connectivity index (χ2n) is 5.55. The molecule has 1 N–H and O–H groups in total. The highest BCUT2D eigenvalue weighted by atomic mass is 16.5. The summed E-state index contributed by atoms with van der Waals surface area (Å²) < 4.78 is 5.21. The lowest BCUT2D eigenvalue weighted by atomic mass is 9.98. The molecule has 0 aliphatic carbocycles. The molecule has 0 aliphatic heterocycles. The highest BCUT2D eigenvalue weighted by Crippen LogP contribution is 2.21. The second-order valence-corrected chi connectivity index (χ2v) is 5.55. The molecule has 108 valence electrons. The third-order valence-corrected chi connectivity index (χ3v) is 3.86. The molecule has 2 heteroatoms. The van der Waals surface area contributed by atoms with E-state index in [0.717, 1.165) is 18.1 Å². The molecule has 0 saturated heterocycles. The third-order valence-electron chi connectivity index (χ3n) is 3.86. The van der Waals surface area contributed by atoms with Crippen molar-refractivity contribution in [3.8, 4) is 5.75 Å². The molecule has 0 fully saturated rings. The van der Waals surface area contributed by atoms with Crippen LogP contribution in [0.2, 0.25) is 0 Å². The molecule has 3 unspecified atom stereocenters. The smallest absolute Gasteiger partial charge is 0.118 e. The van der Waals surface area contributed by atoms with E-state index in [-0.39, 0.29) is 0 Å². The maximum Gasteiger partial charge on any atom is 0.118 e. The molecule has 0 radical (unpaired) electrons. The summed E-state index contributed by atoms with van der Waals surface area (Å²) in [7, 11) is 1.71. The maximum absolute atomic E-state index is 5.21. The van der Waals surface area contributed by atoms with Gasteiger partial charge in [0.05, 0.1) is 7.11 Å². The van der Waals surface area contributed by atoms with Crippen molar-refractivity contribution in [2.45, 2.75) is 59.0 Å². The molecule has 0 spiro atoms. The van der Waals surface area contributed by atoms with Crippen LogP contribution in [0.5, 0.6) is 5.75 Å². The minimum absolute atomic E-state index is 0.435. The van der Waals surface area contributed by atoms with Crippen molar-refractivity contribution >= 4 is 0 Å². The van der Waals surface area contributed by atoms with Crippen LogP contribution in [0.25, 0.3) is 0 Å². The van der Waals surface area contributed by atoms with Crippen molar-refractivity contribution < 1.29 is 4.74 Å². The average Bonchev–Trinajstić information content (AvgIpc) is 2.44. The molecular formula is C17H29NO. The summed E-state index contributed by atoms with van der Waals surface area (Å²) in [5, 5.41) is 3.74. The maximum atomic E-state index is 5.21. The van der Waals surface area contributed by atoms with Crippen molar-refractivity contribution in [1.82, 2.24) is 5.32 Å². The average molecular weight is 263 g/mol. The minimum Gasteiger partial charge on any atom is -0.497 e. The van der Waals surface area contributed by atoms with Crippen LogP contribution in [0.15, 0.2) is 24.3 Å². The molecule has 1 rings (SSSR count). The van der Waals surface area contributed by atoms with Crippen LogP contribution in [0.4, 0.5) is 0 Å². The first kappa shape index (κ1) is 16.0. The molecule has 0 amide bonds. The molecule has 0 heterocycles. The van der Waals surface area contributed by atoms with Crippen molar-refractivity contribution in [3.05, 3.63) is 29.8 Å². The first-order valence-electron chi connectivity index (χ1n) is 7.50. The van der Waals surface area contributed by atoms with E-state index in [0.29, 0.717) is 12.1 Å². The van der Waals surface area contributed by atoms with Crippen LogP contribution < -0.4 is 10.1 Å². The van der Waals surface area contributed by atoms with Crippen LogP contribution >= 0.6 is 0 Å². The zero-order valence-corrected chi connectivity index (χ0v) is 13.1. The Labute approximate surface area is 118 Å². The van der Waals surface area contributed by atoms with Gasteiger partial charge in [-0.1, -0.05) is 39.3 Å². The molecule has 0 aromatic heterocycles. The van der Waals surface area contributed by atoms with E-state index in [9.17, 15) is 0 Å². The first-order chi connectivity index (χ1) is 9.10. The van der Waals surface area contributed by atoms with Crippen LogP contribution in [0.1, 0.15) is 58.6 Å². The van der Waals surface area contributed by atoms with E-state index in [1.54, 1.807) is 7.11 Å². The predicted octanol–water partition coefficient (Wildman–Crippen LogP) is 4.56. The van der Waals surface area contributed by atoms with Crippen LogP contribution in [0, 0.1) is 5.92 Å². The molecule has 1 aromatic rings. The summed E-state index contributed by atoms with van der Waals surface area (Å²) in [6.07, 6.45) is 3.60. The molecule has 2 nitrogen and oxygen atoms in total. The Kier molecular flexibility index (Phi) is 6.93. The predicted molar refractivity (Wildman–Crippen MR) is 82.7 cm³/mol. The van der Waals surface area contributed by atoms with Gasteiger partial charge in [0.25, 0.3) is 0 Å². The van der Waals surface area contributed by atoms with Crippen LogP contribution in [-0.4, -0.2) is 13.2 Å². The number of ether oxygens (including phenoxy) is 1. The van der Waals surface area contributed by atoms with Gasteiger partial charge in [-0.2, -0.15) is 0 Å². The van der Waals surface area contributed by atoms with Gasteiger partial charge in [0.15, 0.2) is 0 Å². The third kappa shape index (κ3) is 5.23. The number of nitrogens with one attached hydrogen (secondary N) is 1. The van der Waals surface area contributed by atoms with Crippen molar-refractivity contribution in [2.24, 2.45) is 5.92 Å². The second kappa shape index (κ2) is 8.21. The fourth-order valence-corrected chi connectivity index (χ4v) is 2.47. The summed E-state index contributed by atoms with van der Waals surface area (Å²) in [6, 6.07) is 9.40. The minimum atomic E-state index is 0.435. The van der Waals surface area contributed by atoms with Gasteiger partial charge in [-0.15, -0.1) is 0 Å². The fraction of sp³-hybridized carbons (Fsp3) is 0.647. The molecule has 0 saturated carbocycles. The van der Waals surface area contributed by atoms with Crippen LogP contribution in [0.3, 0.4) is 0 Å². The molecule has 1 aromatic carbocycles. The number of hydrogen-bond donors (Lipinski definition) is 1. The van der Waals surface area contributed by atoms with Crippen molar-refractivity contribution in [1.29, 1.82) is 0 Å². The quantitative estimate of drug-likeness (QED) is 0.742. The Bertz CT molecular complexity index is 347. The van der Waals surface area contributed by atoms with Gasteiger partial charge in [-0.3, -0.25) is 0 Å². The van der Waals surface area contributed by atoms with E-state index in [2.05, 4.69) is 45.1 Å². The van der Waals surface area contributed by atoms with E-state index in [4.69, 9.17) is 4.74 Å². The highest BCUT2D eigenvalue weighted by Gasteiger charge is 2.14. The van der Waals surface area contributed by atoms with Gasteiger partial charge >= 0.3 is 0 Å². The molecule has 0 aliphatic rings. The zero-order chi connectivity index (χ0) is 14.3. The van der Waals surface area contributed by atoms with Gasteiger partial charge in [0.2, 0.25) is 0 Å². The van der Waals surface area contributed by atoms with Crippen molar-refractivity contribution in [3.63, 3.8) is 0 Å². The summed E-state index contributed by atoms with van der Waals surface area (Å²) in [6.45, 7) is 9.11. The van der Waals surface area contributed by atoms with Gasteiger partial charge in [-0.25, -0.2) is 0 Å². The highest BCUT2D eigenvalue weighted by molar-refractivity contribution is 5.29. The summed E-state index contributed by atoms with van der Waals surface area (Å²) in [4.78, 5) is 0. The van der Waals surface area contributed by atoms with Gasteiger partial charge in [-0.05, 0) is 43.4 Å². The lowest BCUT2D eigenvalue weighted by Crippen LogP contribution is -2.31. The number of methoxy groups -OCH3 is 1. The normalized spacial score (nSPS) is 15.8. The fourth-order valence-electron chi connectivity index (χ4n) is 2.47. The number of benzene rings is 1. The Hall–Kier alpha value is -1.02. The van der Waals surface area contributed by atoms with E-state index >= 15 is 0 Å². The Morgan fingerprint density at radius 2 is 1.68 bits per heavy atom. The molecule has 0 bridgehead atoms. The lowest BCUT2D eigenvalue weighted by molar-refractivity contribution is 0.370. The van der Waals surface area contributed by atoms with E-state index in [1.165, 1.54) is 18.4 Å². The SMILES string of the molecule is CCC(C)CC(C)NC(CC)c1ccc(OC)cc1. The number of rotatable bonds is 8. The van der Waals surface area contributed by atoms with Gasteiger partial charge < -0.3 is 10.1 Å². The van der Waals surface area contributed by atoms with Gasteiger partial charge in [0, 0.05) is 12.1 Å². The Balaban J connectivity index is 2.61. The van der Waals surface area contributed by atoms with E-state index < -0.39 is 0 Å². The first-order valence-corrected chi connectivity index (χ1v) is 7.50.